The molecule has 1 unspecified atom stereocenters. The van der Waals surface area contributed by atoms with E-state index in [1.54, 1.807) is 0 Å². The van der Waals surface area contributed by atoms with E-state index in [1.165, 1.54) is 18.4 Å². The molecular weight excluding hydrogens is 228 g/mol. The van der Waals surface area contributed by atoms with Crippen LogP contribution in [0, 0.1) is 6.92 Å². The lowest BCUT2D eigenvalue weighted by Gasteiger charge is -2.31. The van der Waals surface area contributed by atoms with Gasteiger partial charge in [-0.3, -0.25) is 4.90 Å². The highest BCUT2D eigenvalue weighted by Crippen LogP contribution is 2.20. The second-order valence-corrected chi connectivity index (χ2v) is 5.06. The standard InChI is InChI=1S/C14H24N2O2/c1-11-12(7-14(18-11)8-15-2)9-16-6-4-5-13(10-16)17-3/h7,13,15H,4-6,8-10H2,1-3H3. The van der Waals surface area contributed by atoms with Gasteiger partial charge in [0.25, 0.3) is 0 Å². The number of piperidine rings is 1. The second kappa shape index (κ2) is 6.36. The van der Waals surface area contributed by atoms with E-state index >= 15 is 0 Å². The normalized spacial score (nSPS) is 21.4. The molecule has 0 bridgehead atoms. The van der Waals surface area contributed by atoms with Crippen LogP contribution in [0.4, 0.5) is 0 Å². The summed E-state index contributed by atoms with van der Waals surface area (Å²) in [5.41, 5.74) is 1.30. The summed E-state index contributed by atoms with van der Waals surface area (Å²) >= 11 is 0. The molecule has 1 atom stereocenters. The number of methoxy groups -OCH3 is 1. The van der Waals surface area contributed by atoms with E-state index in [4.69, 9.17) is 9.15 Å². The maximum atomic E-state index is 5.73. The number of hydrogen-bond acceptors (Lipinski definition) is 4. The first-order valence-corrected chi connectivity index (χ1v) is 6.71. The third kappa shape index (κ3) is 3.34. The van der Waals surface area contributed by atoms with Gasteiger partial charge >= 0.3 is 0 Å². The molecule has 1 aromatic heterocycles. The zero-order valence-corrected chi connectivity index (χ0v) is 11.7. The Morgan fingerprint density at radius 2 is 2.39 bits per heavy atom. The molecule has 4 nitrogen and oxygen atoms in total. The molecule has 1 aliphatic heterocycles. The summed E-state index contributed by atoms with van der Waals surface area (Å²) in [6, 6.07) is 2.17. The predicted molar refractivity (Wildman–Crippen MR) is 71.5 cm³/mol. The zero-order chi connectivity index (χ0) is 13.0. The van der Waals surface area contributed by atoms with Gasteiger partial charge in [0.15, 0.2) is 0 Å². The Morgan fingerprint density at radius 1 is 1.56 bits per heavy atom. The number of ether oxygens (including phenoxy) is 1. The lowest BCUT2D eigenvalue weighted by Crippen LogP contribution is -2.38. The molecule has 18 heavy (non-hydrogen) atoms. The van der Waals surface area contributed by atoms with Gasteiger partial charge in [-0.25, -0.2) is 0 Å². The number of hydrogen-bond donors (Lipinski definition) is 1. The molecule has 102 valence electrons. The Balaban J connectivity index is 1.95. The molecule has 2 rings (SSSR count). The summed E-state index contributed by atoms with van der Waals surface area (Å²) in [6.07, 6.45) is 2.80. The summed E-state index contributed by atoms with van der Waals surface area (Å²) < 4.78 is 11.2. The third-order valence-corrected chi connectivity index (χ3v) is 3.61. The van der Waals surface area contributed by atoms with Gasteiger partial charge in [-0.15, -0.1) is 0 Å². The predicted octanol–water partition coefficient (Wildman–Crippen LogP) is 1.92. The average Bonchev–Trinajstić information content (AvgIpc) is 2.70. The Hall–Kier alpha value is -0.840. The van der Waals surface area contributed by atoms with E-state index in [-0.39, 0.29) is 0 Å². The van der Waals surface area contributed by atoms with Crippen LogP contribution < -0.4 is 5.32 Å². The van der Waals surface area contributed by atoms with Crippen molar-refractivity contribution in [3.63, 3.8) is 0 Å². The van der Waals surface area contributed by atoms with Crippen LogP contribution >= 0.6 is 0 Å². The molecule has 1 aromatic rings. The summed E-state index contributed by atoms with van der Waals surface area (Å²) in [7, 11) is 3.74. The molecule has 1 aliphatic rings. The van der Waals surface area contributed by atoms with Crippen molar-refractivity contribution in [2.45, 2.75) is 39.0 Å². The van der Waals surface area contributed by atoms with Crippen molar-refractivity contribution in [3.05, 3.63) is 23.2 Å². The van der Waals surface area contributed by atoms with Crippen molar-refractivity contribution in [2.75, 3.05) is 27.2 Å². The van der Waals surface area contributed by atoms with Gasteiger partial charge in [0.1, 0.15) is 11.5 Å². The number of furan rings is 1. The maximum Gasteiger partial charge on any atom is 0.118 e. The fourth-order valence-corrected chi connectivity index (χ4v) is 2.60. The van der Waals surface area contributed by atoms with E-state index in [0.29, 0.717) is 6.10 Å². The summed E-state index contributed by atoms with van der Waals surface area (Å²) in [5.74, 6) is 2.06. The van der Waals surface area contributed by atoms with Crippen LogP contribution in [0.5, 0.6) is 0 Å². The number of aryl methyl sites for hydroxylation is 1. The summed E-state index contributed by atoms with van der Waals surface area (Å²) in [5, 5.41) is 3.12. The smallest absolute Gasteiger partial charge is 0.118 e. The van der Waals surface area contributed by atoms with Crippen molar-refractivity contribution in [1.29, 1.82) is 0 Å². The van der Waals surface area contributed by atoms with Crippen LogP contribution in [0.25, 0.3) is 0 Å². The van der Waals surface area contributed by atoms with Crippen LogP contribution in [-0.2, 0) is 17.8 Å². The molecule has 1 fully saturated rings. The van der Waals surface area contributed by atoms with Crippen LogP contribution in [-0.4, -0.2) is 38.3 Å². The van der Waals surface area contributed by atoms with Crippen LogP contribution in [0.1, 0.15) is 29.9 Å². The third-order valence-electron chi connectivity index (χ3n) is 3.61. The number of nitrogens with zero attached hydrogens (tertiary/aromatic N) is 1. The minimum atomic E-state index is 0.391. The lowest BCUT2D eigenvalue weighted by atomic mass is 10.1. The van der Waals surface area contributed by atoms with Crippen molar-refractivity contribution in [1.82, 2.24) is 10.2 Å². The quantitative estimate of drug-likeness (QED) is 0.869. The highest BCUT2D eigenvalue weighted by atomic mass is 16.5. The SMILES string of the molecule is CNCc1cc(CN2CCCC(OC)C2)c(C)o1. The average molecular weight is 252 g/mol. The van der Waals surface area contributed by atoms with Crippen LogP contribution in [0.3, 0.4) is 0 Å². The van der Waals surface area contributed by atoms with Gasteiger partial charge in [-0.1, -0.05) is 0 Å². The van der Waals surface area contributed by atoms with Gasteiger partial charge in [0, 0.05) is 25.8 Å². The topological polar surface area (TPSA) is 37.6 Å². The largest absolute Gasteiger partial charge is 0.465 e. The van der Waals surface area contributed by atoms with Gasteiger partial charge in [-0.05, 0) is 39.4 Å². The summed E-state index contributed by atoms with van der Waals surface area (Å²) in [6.45, 7) is 6.00. The number of rotatable bonds is 5. The Bertz CT molecular complexity index is 376. The molecule has 1 N–H and O–H groups in total. The van der Waals surface area contributed by atoms with Gasteiger partial charge in [-0.2, -0.15) is 0 Å². The molecule has 1 saturated heterocycles. The highest BCUT2D eigenvalue weighted by Gasteiger charge is 2.20. The fraction of sp³-hybridized carbons (Fsp3) is 0.714. The lowest BCUT2D eigenvalue weighted by molar-refractivity contribution is 0.0284. The first-order valence-electron chi connectivity index (χ1n) is 6.71. The van der Waals surface area contributed by atoms with E-state index in [1.807, 2.05) is 21.1 Å². The van der Waals surface area contributed by atoms with Crippen molar-refractivity contribution < 1.29 is 9.15 Å². The fourth-order valence-electron chi connectivity index (χ4n) is 2.60. The molecule has 0 aliphatic carbocycles. The number of likely N-dealkylation sites (tertiary alicyclic amines) is 1. The van der Waals surface area contributed by atoms with Crippen LogP contribution in [0.2, 0.25) is 0 Å². The minimum absolute atomic E-state index is 0.391. The Kier molecular flexibility index (Phi) is 4.80. The van der Waals surface area contributed by atoms with Gasteiger partial charge in [0.05, 0.1) is 12.6 Å². The number of nitrogens with one attached hydrogen (secondary N) is 1. The first-order chi connectivity index (χ1) is 8.72. The maximum absolute atomic E-state index is 5.73. The molecule has 4 heteroatoms. The molecule has 0 spiro atoms. The first kappa shape index (κ1) is 13.6. The Morgan fingerprint density at radius 3 is 3.11 bits per heavy atom. The van der Waals surface area contributed by atoms with E-state index < -0.39 is 0 Å². The molecular formula is C14H24N2O2. The minimum Gasteiger partial charge on any atom is -0.465 e. The molecule has 0 amide bonds. The van der Waals surface area contributed by atoms with E-state index in [2.05, 4.69) is 16.3 Å². The van der Waals surface area contributed by atoms with Gasteiger partial charge in [0.2, 0.25) is 0 Å². The highest BCUT2D eigenvalue weighted by molar-refractivity contribution is 5.20. The van der Waals surface area contributed by atoms with Crippen molar-refractivity contribution in [3.8, 4) is 0 Å². The van der Waals surface area contributed by atoms with Crippen molar-refractivity contribution in [2.24, 2.45) is 0 Å². The Labute approximate surface area is 109 Å². The van der Waals surface area contributed by atoms with Crippen molar-refractivity contribution >= 4 is 0 Å². The molecule has 0 aromatic carbocycles. The molecule has 2 heterocycles. The van der Waals surface area contributed by atoms with E-state index in [9.17, 15) is 0 Å². The summed E-state index contributed by atoms with van der Waals surface area (Å²) in [4.78, 5) is 2.46. The van der Waals surface area contributed by atoms with Crippen LogP contribution in [0.15, 0.2) is 10.5 Å². The molecule has 0 radical (unpaired) electrons. The van der Waals surface area contributed by atoms with E-state index in [0.717, 1.165) is 37.7 Å². The second-order valence-electron chi connectivity index (χ2n) is 5.06. The monoisotopic (exact) mass is 252 g/mol. The zero-order valence-electron chi connectivity index (χ0n) is 11.7. The van der Waals surface area contributed by atoms with Gasteiger partial charge < -0.3 is 14.5 Å². The molecule has 0 saturated carbocycles.